The zero-order valence-corrected chi connectivity index (χ0v) is 11.9. The average Bonchev–Trinajstić information content (AvgIpc) is 2.48. The number of rotatable bonds is 2. The number of hydrogen-bond donors (Lipinski definition) is 2. The first-order valence-electron chi connectivity index (χ1n) is 7.15. The number of carbonyl (C=O) groups excluding carboxylic acids is 1. The van der Waals surface area contributed by atoms with Crippen molar-refractivity contribution in [1.82, 2.24) is 20.0 Å². The third kappa shape index (κ3) is 2.80. The van der Waals surface area contributed by atoms with E-state index in [1.165, 1.54) is 10.6 Å². The van der Waals surface area contributed by atoms with Crippen molar-refractivity contribution in [1.29, 1.82) is 0 Å². The molecule has 1 saturated heterocycles. The molecule has 21 heavy (non-hydrogen) atoms. The highest BCUT2D eigenvalue weighted by Gasteiger charge is 2.19. The standard InChI is InChI=1S/C15H18N4O2/c1-10-4-6-19-13(7-10)17-9-12(15(19)21)14(20)18-11-3-2-5-16-8-11/h4,6-7,9,11,16H,2-3,5,8H2,1H3,(H,18,20)/t11-/m0/s1. The zero-order chi connectivity index (χ0) is 14.8. The Hall–Kier alpha value is -2.21. The second-order valence-corrected chi connectivity index (χ2v) is 5.43. The van der Waals surface area contributed by atoms with E-state index in [9.17, 15) is 9.59 Å². The van der Waals surface area contributed by atoms with Gasteiger partial charge >= 0.3 is 0 Å². The van der Waals surface area contributed by atoms with Gasteiger partial charge in [0.1, 0.15) is 11.2 Å². The molecule has 1 aliphatic heterocycles. The zero-order valence-electron chi connectivity index (χ0n) is 11.9. The summed E-state index contributed by atoms with van der Waals surface area (Å²) in [7, 11) is 0. The first-order valence-corrected chi connectivity index (χ1v) is 7.15. The Labute approximate surface area is 122 Å². The summed E-state index contributed by atoms with van der Waals surface area (Å²) in [5, 5.41) is 6.13. The van der Waals surface area contributed by atoms with Crippen LogP contribution in [-0.2, 0) is 0 Å². The number of aryl methyl sites for hydroxylation is 1. The van der Waals surface area contributed by atoms with Crippen LogP contribution in [-0.4, -0.2) is 34.4 Å². The van der Waals surface area contributed by atoms with Crippen LogP contribution in [0.25, 0.3) is 5.65 Å². The van der Waals surface area contributed by atoms with E-state index < -0.39 is 0 Å². The Bertz CT molecular complexity index is 732. The summed E-state index contributed by atoms with van der Waals surface area (Å²) in [6, 6.07) is 3.71. The maximum Gasteiger partial charge on any atom is 0.270 e. The van der Waals surface area contributed by atoms with Crippen molar-refractivity contribution < 1.29 is 4.79 Å². The number of nitrogens with one attached hydrogen (secondary N) is 2. The average molecular weight is 286 g/mol. The normalized spacial score (nSPS) is 18.6. The van der Waals surface area contributed by atoms with Gasteiger partial charge in [-0.3, -0.25) is 14.0 Å². The molecule has 0 radical (unpaired) electrons. The molecule has 0 aliphatic carbocycles. The molecule has 0 aromatic carbocycles. The first kappa shape index (κ1) is 13.8. The molecule has 0 spiro atoms. The van der Waals surface area contributed by atoms with Crippen LogP contribution in [0.5, 0.6) is 0 Å². The topological polar surface area (TPSA) is 75.5 Å². The lowest BCUT2D eigenvalue weighted by atomic mass is 10.1. The van der Waals surface area contributed by atoms with E-state index in [1.54, 1.807) is 6.20 Å². The number of piperidine rings is 1. The van der Waals surface area contributed by atoms with Crippen LogP contribution in [0.2, 0.25) is 0 Å². The number of aromatic nitrogens is 2. The number of pyridine rings is 1. The second-order valence-electron chi connectivity index (χ2n) is 5.43. The highest BCUT2D eigenvalue weighted by molar-refractivity contribution is 5.93. The van der Waals surface area contributed by atoms with Crippen molar-refractivity contribution in [3.05, 3.63) is 46.0 Å². The molecule has 3 rings (SSSR count). The van der Waals surface area contributed by atoms with Gasteiger partial charge in [-0.15, -0.1) is 0 Å². The Balaban J connectivity index is 1.89. The van der Waals surface area contributed by atoms with Gasteiger partial charge in [-0.05, 0) is 44.0 Å². The molecular formula is C15H18N4O2. The minimum absolute atomic E-state index is 0.0735. The summed E-state index contributed by atoms with van der Waals surface area (Å²) in [5.74, 6) is -0.351. The Morgan fingerprint density at radius 3 is 3.14 bits per heavy atom. The maximum atomic E-state index is 12.4. The van der Waals surface area contributed by atoms with Crippen LogP contribution in [0, 0.1) is 6.92 Å². The van der Waals surface area contributed by atoms with Crippen molar-refractivity contribution in [3.8, 4) is 0 Å². The van der Waals surface area contributed by atoms with Crippen molar-refractivity contribution in [2.45, 2.75) is 25.8 Å². The maximum absolute atomic E-state index is 12.4. The van der Waals surface area contributed by atoms with E-state index in [2.05, 4.69) is 15.6 Å². The molecule has 0 unspecified atom stereocenters. The fraction of sp³-hybridized carbons (Fsp3) is 0.400. The van der Waals surface area contributed by atoms with Gasteiger partial charge in [-0.1, -0.05) is 0 Å². The van der Waals surface area contributed by atoms with Gasteiger partial charge in [0.05, 0.1) is 0 Å². The molecule has 2 aromatic rings. The molecule has 3 heterocycles. The van der Waals surface area contributed by atoms with E-state index in [0.717, 1.165) is 31.5 Å². The van der Waals surface area contributed by atoms with Crippen LogP contribution >= 0.6 is 0 Å². The molecule has 1 aliphatic rings. The van der Waals surface area contributed by atoms with Crippen LogP contribution in [0.3, 0.4) is 0 Å². The minimum atomic E-state index is -0.351. The van der Waals surface area contributed by atoms with Crippen LogP contribution in [0.4, 0.5) is 0 Å². The molecule has 0 bridgehead atoms. The number of amides is 1. The van der Waals surface area contributed by atoms with E-state index in [0.29, 0.717) is 5.65 Å². The molecular weight excluding hydrogens is 268 g/mol. The molecule has 2 aromatic heterocycles. The van der Waals surface area contributed by atoms with E-state index in [1.807, 2.05) is 19.1 Å². The number of hydrogen-bond acceptors (Lipinski definition) is 4. The van der Waals surface area contributed by atoms with Crippen LogP contribution in [0.1, 0.15) is 28.8 Å². The molecule has 0 saturated carbocycles. The third-order valence-electron chi connectivity index (χ3n) is 3.74. The predicted octanol–water partition coefficient (Wildman–Crippen LogP) is 0.485. The summed E-state index contributed by atoms with van der Waals surface area (Å²) >= 11 is 0. The van der Waals surface area contributed by atoms with Crippen LogP contribution in [0.15, 0.2) is 29.3 Å². The molecule has 2 N–H and O–H groups in total. The third-order valence-corrected chi connectivity index (χ3v) is 3.74. The Morgan fingerprint density at radius 1 is 1.52 bits per heavy atom. The summed E-state index contributed by atoms with van der Waals surface area (Å²) in [5.41, 5.74) is 1.33. The largest absolute Gasteiger partial charge is 0.348 e. The van der Waals surface area contributed by atoms with Crippen molar-refractivity contribution in [3.63, 3.8) is 0 Å². The quantitative estimate of drug-likeness (QED) is 0.842. The van der Waals surface area contributed by atoms with Gasteiger partial charge < -0.3 is 10.6 Å². The monoisotopic (exact) mass is 286 g/mol. The lowest BCUT2D eigenvalue weighted by molar-refractivity contribution is 0.0928. The fourth-order valence-electron chi connectivity index (χ4n) is 2.57. The second kappa shape index (κ2) is 5.65. The summed E-state index contributed by atoms with van der Waals surface area (Å²) < 4.78 is 1.40. The number of fused-ring (bicyclic) bond motifs is 1. The summed E-state index contributed by atoms with van der Waals surface area (Å²) in [6.07, 6.45) is 4.97. The van der Waals surface area contributed by atoms with Crippen LogP contribution < -0.4 is 16.2 Å². The number of nitrogens with zero attached hydrogens (tertiary/aromatic N) is 2. The molecule has 1 atom stereocenters. The lowest BCUT2D eigenvalue weighted by Gasteiger charge is -2.23. The number of carbonyl (C=O) groups is 1. The first-order chi connectivity index (χ1) is 10.1. The molecule has 6 heteroatoms. The predicted molar refractivity (Wildman–Crippen MR) is 79.6 cm³/mol. The van der Waals surface area contributed by atoms with Gasteiger partial charge in [0.15, 0.2) is 0 Å². The highest BCUT2D eigenvalue weighted by Crippen LogP contribution is 2.04. The van der Waals surface area contributed by atoms with Crippen molar-refractivity contribution in [2.24, 2.45) is 0 Å². The van der Waals surface area contributed by atoms with E-state index in [4.69, 9.17) is 0 Å². The van der Waals surface area contributed by atoms with Gasteiger partial charge in [0, 0.05) is 25.0 Å². The molecule has 110 valence electrons. The van der Waals surface area contributed by atoms with E-state index >= 15 is 0 Å². The highest BCUT2D eigenvalue weighted by atomic mass is 16.2. The Morgan fingerprint density at radius 2 is 2.38 bits per heavy atom. The van der Waals surface area contributed by atoms with Gasteiger partial charge in [0.2, 0.25) is 0 Å². The molecule has 6 nitrogen and oxygen atoms in total. The van der Waals surface area contributed by atoms with Gasteiger partial charge in [0.25, 0.3) is 11.5 Å². The Kier molecular flexibility index (Phi) is 3.70. The van der Waals surface area contributed by atoms with Gasteiger partial charge in [-0.25, -0.2) is 4.98 Å². The fourth-order valence-corrected chi connectivity index (χ4v) is 2.57. The molecule has 1 fully saturated rings. The van der Waals surface area contributed by atoms with Gasteiger partial charge in [-0.2, -0.15) is 0 Å². The van der Waals surface area contributed by atoms with Crippen molar-refractivity contribution >= 4 is 11.6 Å². The molecule has 1 amide bonds. The lowest BCUT2D eigenvalue weighted by Crippen LogP contribution is -2.46. The SMILES string of the molecule is Cc1ccn2c(=O)c(C(=O)N[C@H]3CCCNC3)cnc2c1. The van der Waals surface area contributed by atoms with Crippen molar-refractivity contribution in [2.75, 3.05) is 13.1 Å². The smallest absolute Gasteiger partial charge is 0.270 e. The summed E-state index contributed by atoms with van der Waals surface area (Å²) in [6.45, 7) is 3.65. The summed E-state index contributed by atoms with van der Waals surface area (Å²) in [4.78, 5) is 28.8. The van der Waals surface area contributed by atoms with E-state index in [-0.39, 0.29) is 23.1 Å². The minimum Gasteiger partial charge on any atom is -0.348 e.